The van der Waals surface area contributed by atoms with Crippen molar-refractivity contribution in [1.82, 2.24) is 4.98 Å². The summed E-state index contributed by atoms with van der Waals surface area (Å²) in [7, 11) is 0. The van der Waals surface area contributed by atoms with E-state index in [1.165, 1.54) is 0 Å². The van der Waals surface area contributed by atoms with Gasteiger partial charge >= 0.3 is 5.97 Å². The summed E-state index contributed by atoms with van der Waals surface area (Å²) in [5.41, 5.74) is 1.62. The second-order valence-corrected chi connectivity index (χ2v) is 4.87. The Morgan fingerprint density at radius 1 is 1.30 bits per heavy atom. The Hall–Kier alpha value is -2.07. The van der Waals surface area contributed by atoms with E-state index in [4.69, 9.17) is 16.7 Å². The first-order chi connectivity index (χ1) is 9.58. The fourth-order valence-corrected chi connectivity index (χ4v) is 2.14. The molecule has 0 radical (unpaired) electrons. The highest BCUT2D eigenvalue weighted by molar-refractivity contribution is 6.30. The summed E-state index contributed by atoms with van der Waals surface area (Å²) in [6.07, 6.45) is 1.70. The molecule has 1 aromatic heterocycles. The van der Waals surface area contributed by atoms with Crippen LogP contribution in [0.2, 0.25) is 5.02 Å². The third kappa shape index (κ3) is 3.48. The molecule has 1 heterocycles. The van der Waals surface area contributed by atoms with Crippen LogP contribution in [0.1, 0.15) is 18.7 Å². The van der Waals surface area contributed by atoms with Gasteiger partial charge in [-0.1, -0.05) is 17.7 Å². The standard InChI is InChI=1S/C15H15ClN2O2/c1-11(14-4-2-3-9-17-14)18(10-15(19)20)13-7-5-12(16)6-8-13/h2-9,11H,10H2,1H3,(H,19,20). The molecule has 0 spiro atoms. The van der Waals surface area contributed by atoms with E-state index in [1.54, 1.807) is 23.2 Å². The third-order valence-corrected chi connectivity index (χ3v) is 3.30. The summed E-state index contributed by atoms with van der Waals surface area (Å²) in [4.78, 5) is 17.2. The van der Waals surface area contributed by atoms with Gasteiger partial charge in [0.05, 0.1) is 11.7 Å². The third-order valence-electron chi connectivity index (χ3n) is 3.05. The van der Waals surface area contributed by atoms with Crippen LogP contribution < -0.4 is 4.90 Å². The number of benzene rings is 1. The highest BCUT2D eigenvalue weighted by atomic mass is 35.5. The highest BCUT2D eigenvalue weighted by Crippen LogP contribution is 2.26. The molecule has 4 nitrogen and oxygen atoms in total. The van der Waals surface area contributed by atoms with Gasteiger partial charge in [0, 0.05) is 16.9 Å². The molecule has 1 atom stereocenters. The van der Waals surface area contributed by atoms with Gasteiger partial charge in [-0.05, 0) is 43.3 Å². The summed E-state index contributed by atoms with van der Waals surface area (Å²) >= 11 is 5.87. The lowest BCUT2D eigenvalue weighted by molar-refractivity contribution is -0.135. The maximum absolute atomic E-state index is 11.1. The van der Waals surface area contributed by atoms with Crippen molar-refractivity contribution in [1.29, 1.82) is 0 Å². The summed E-state index contributed by atoms with van der Waals surface area (Å²) in [6, 6.07) is 12.6. The Balaban J connectivity index is 2.32. The molecular formula is C15H15ClN2O2. The molecule has 2 rings (SSSR count). The van der Waals surface area contributed by atoms with E-state index in [-0.39, 0.29) is 12.6 Å². The van der Waals surface area contributed by atoms with Crippen LogP contribution in [0.25, 0.3) is 0 Å². The zero-order valence-corrected chi connectivity index (χ0v) is 11.8. The summed E-state index contributed by atoms with van der Waals surface area (Å²) in [6.45, 7) is 1.83. The number of carboxylic acids is 1. The van der Waals surface area contributed by atoms with Gasteiger partial charge in [-0.25, -0.2) is 0 Å². The van der Waals surface area contributed by atoms with Crippen molar-refractivity contribution in [3.63, 3.8) is 0 Å². The molecule has 1 unspecified atom stereocenters. The van der Waals surface area contributed by atoms with Gasteiger partial charge in [-0.15, -0.1) is 0 Å². The predicted octanol–water partition coefficient (Wildman–Crippen LogP) is 3.39. The molecule has 0 saturated carbocycles. The Labute approximate surface area is 122 Å². The summed E-state index contributed by atoms with van der Waals surface area (Å²) < 4.78 is 0. The van der Waals surface area contributed by atoms with Crippen molar-refractivity contribution in [2.75, 3.05) is 11.4 Å². The molecule has 20 heavy (non-hydrogen) atoms. The highest BCUT2D eigenvalue weighted by Gasteiger charge is 2.19. The molecule has 1 N–H and O–H groups in total. The Kier molecular flexibility index (Phi) is 4.58. The number of hydrogen-bond donors (Lipinski definition) is 1. The maximum atomic E-state index is 11.1. The first-order valence-electron chi connectivity index (χ1n) is 6.23. The molecule has 0 aliphatic carbocycles. The van der Waals surface area contributed by atoms with Gasteiger partial charge < -0.3 is 10.0 Å². The minimum absolute atomic E-state index is 0.0978. The van der Waals surface area contributed by atoms with Crippen LogP contribution in [0.5, 0.6) is 0 Å². The van der Waals surface area contributed by atoms with Crippen LogP contribution in [-0.4, -0.2) is 22.6 Å². The minimum Gasteiger partial charge on any atom is -0.480 e. The molecule has 0 aliphatic heterocycles. The van der Waals surface area contributed by atoms with Crippen molar-refractivity contribution in [3.05, 3.63) is 59.4 Å². The first-order valence-corrected chi connectivity index (χ1v) is 6.60. The molecular weight excluding hydrogens is 276 g/mol. The molecule has 0 bridgehead atoms. The summed E-state index contributed by atoms with van der Waals surface area (Å²) in [5, 5.41) is 9.73. The quantitative estimate of drug-likeness (QED) is 0.917. The molecule has 0 saturated heterocycles. The van der Waals surface area contributed by atoms with Crippen LogP contribution in [0, 0.1) is 0 Å². The van der Waals surface area contributed by atoms with Crippen molar-refractivity contribution in [3.8, 4) is 0 Å². The largest absolute Gasteiger partial charge is 0.480 e. The van der Waals surface area contributed by atoms with E-state index in [0.29, 0.717) is 5.02 Å². The van der Waals surface area contributed by atoms with Crippen molar-refractivity contribution in [2.45, 2.75) is 13.0 Å². The number of pyridine rings is 1. The van der Waals surface area contributed by atoms with Crippen LogP contribution in [0.15, 0.2) is 48.7 Å². The topological polar surface area (TPSA) is 53.4 Å². The number of anilines is 1. The Bertz CT molecular complexity index is 572. The Morgan fingerprint density at radius 2 is 2.00 bits per heavy atom. The molecule has 2 aromatic rings. The van der Waals surface area contributed by atoms with Gasteiger partial charge in [0.1, 0.15) is 6.54 Å². The van der Waals surface area contributed by atoms with E-state index in [9.17, 15) is 4.79 Å². The van der Waals surface area contributed by atoms with Crippen LogP contribution >= 0.6 is 11.6 Å². The van der Waals surface area contributed by atoms with E-state index in [0.717, 1.165) is 11.4 Å². The van der Waals surface area contributed by atoms with Gasteiger partial charge in [0.2, 0.25) is 0 Å². The lowest BCUT2D eigenvalue weighted by Crippen LogP contribution is -2.32. The van der Waals surface area contributed by atoms with Gasteiger partial charge in [-0.2, -0.15) is 0 Å². The van der Waals surface area contributed by atoms with E-state index >= 15 is 0 Å². The van der Waals surface area contributed by atoms with Crippen molar-refractivity contribution < 1.29 is 9.90 Å². The van der Waals surface area contributed by atoms with E-state index < -0.39 is 5.97 Å². The number of nitrogens with zero attached hydrogens (tertiary/aromatic N) is 2. The number of halogens is 1. The SMILES string of the molecule is CC(c1ccccn1)N(CC(=O)O)c1ccc(Cl)cc1. The Morgan fingerprint density at radius 3 is 2.55 bits per heavy atom. The second-order valence-electron chi connectivity index (χ2n) is 4.43. The fraction of sp³-hybridized carbons (Fsp3) is 0.200. The average Bonchev–Trinajstić information content (AvgIpc) is 2.46. The van der Waals surface area contributed by atoms with Gasteiger partial charge in [-0.3, -0.25) is 9.78 Å². The average molecular weight is 291 g/mol. The minimum atomic E-state index is -0.886. The van der Waals surface area contributed by atoms with Gasteiger partial charge in [0.25, 0.3) is 0 Å². The molecule has 0 aliphatic rings. The van der Waals surface area contributed by atoms with Crippen LogP contribution in [0.4, 0.5) is 5.69 Å². The number of aliphatic carboxylic acids is 1. The van der Waals surface area contributed by atoms with E-state index in [1.807, 2.05) is 37.3 Å². The fourth-order valence-electron chi connectivity index (χ4n) is 2.01. The molecule has 104 valence electrons. The van der Waals surface area contributed by atoms with Gasteiger partial charge in [0.15, 0.2) is 0 Å². The predicted molar refractivity (Wildman–Crippen MR) is 79.1 cm³/mol. The smallest absolute Gasteiger partial charge is 0.323 e. The summed E-state index contributed by atoms with van der Waals surface area (Å²) in [5.74, 6) is -0.886. The lowest BCUT2D eigenvalue weighted by atomic mass is 10.1. The van der Waals surface area contributed by atoms with Crippen LogP contribution in [0.3, 0.4) is 0 Å². The number of hydrogen-bond acceptors (Lipinski definition) is 3. The number of rotatable bonds is 5. The molecule has 1 aromatic carbocycles. The van der Waals surface area contributed by atoms with Crippen molar-refractivity contribution in [2.24, 2.45) is 0 Å². The zero-order chi connectivity index (χ0) is 14.5. The van der Waals surface area contributed by atoms with E-state index in [2.05, 4.69) is 4.98 Å². The first kappa shape index (κ1) is 14.3. The number of carboxylic acid groups (broad SMARTS) is 1. The number of carbonyl (C=O) groups is 1. The zero-order valence-electron chi connectivity index (χ0n) is 11.0. The van der Waals surface area contributed by atoms with Crippen molar-refractivity contribution >= 4 is 23.3 Å². The number of aromatic nitrogens is 1. The molecule has 5 heteroatoms. The van der Waals surface area contributed by atoms with Crippen LogP contribution in [-0.2, 0) is 4.79 Å². The monoisotopic (exact) mass is 290 g/mol. The normalized spacial score (nSPS) is 11.9. The maximum Gasteiger partial charge on any atom is 0.323 e. The molecule has 0 amide bonds. The molecule has 0 fully saturated rings. The second kappa shape index (κ2) is 6.39. The lowest BCUT2D eigenvalue weighted by Gasteiger charge is -2.29.